The van der Waals surface area contributed by atoms with E-state index in [1.54, 1.807) is 0 Å². The second kappa shape index (κ2) is 12.0. The molecule has 4 nitrogen and oxygen atoms in total. The molecular formula is C10H22O4S2. The van der Waals surface area contributed by atoms with E-state index in [-0.39, 0.29) is 11.2 Å². The van der Waals surface area contributed by atoms with Crippen molar-refractivity contribution in [3.8, 4) is 0 Å². The highest BCUT2D eigenvalue weighted by Gasteiger charge is 2.15. The Morgan fingerprint density at radius 3 is 1.06 bits per heavy atom. The summed E-state index contributed by atoms with van der Waals surface area (Å²) < 4.78 is 21.6. The molecule has 0 aliphatic heterocycles. The highest BCUT2D eigenvalue weighted by atomic mass is 33.1. The summed E-state index contributed by atoms with van der Waals surface area (Å²) in [6.07, 6.45) is 0. The molecule has 0 aromatic rings. The van der Waals surface area contributed by atoms with Crippen molar-refractivity contribution in [3.05, 3.63) is 0 Å². The van der Waals surface area contributed by atoms with Crippen molar-refractivity contribution < 1.29 is 18.9 Å². The molecule has 0 unspecified atom stereocenters. The van der Waals surface area contributed by atoms with Crippen molar-refractivity contribution in [2.75, 3.05) is 26.4 Å². The second-order valence-corrected chi connectivity index (χ2v) is 4.90. The quantitative estimate of drug-likeness (QED) is 0.424. The van der Waals surface area contributed by atoms with Crippen LogP contribution in [0.25, 0.3) is 0 Å². The largest absolute Gasteiger partial charge is 0.343 e. The molecule has 0 atom stereocenters. The zero-order valence-corrected chi connectivity index (χ0v) is 12.1. The van der Waals surface area contributed by atoms with Gasteiger partial charge in [0.25, 0.3) is 0 Å². The van der Waals surface area contributed by atoms with Crippen LogP contribution in [0, 0.1) is 0 Å². The standard InChI is InChI=1S/C10H22O4S2/c1-5-11-9(12-6-2)15-16-10(13-7-3)14-8-4/h9-10H,5-8H2,1-4H3. The van der Waals surface area contributed by atoms with Crippen LogP contribution in [0.1, 0.15) is 27.7 Å². The highest BCUT2D eigenvalue weighted by molar-refractivity contribution is 8.77. The average Bonchev–Trinajstić information content (AvgIpc) is 2.27. The van der Waals surface area contributed by atoms with Crippen molar-refractivity contribution in [2.24, 2.45) is 0 Å². The predicted octanol–water partition coefficient (Wildman–Crippen LogP) is 3.08. The molecule has 0 heterocycles. The van der Waals surface area contributed by atoms with Crippen molar-refractivity contribution in [2.45, 2.75) is 38.9 Å². The first-order valence-corrected chi connectivity index (χ1v) is 7.84. The molecule has 0 rings (SSSR count). The Bertz CT molecular complexity index is 121. The van der Waals surface area contributed by atoms with Gasteiger partial charge in [-0.3, -0.25) is 0 Å². The predicted molar refractivity (Wildman–Crippen MR) is 69.3 cm³/mol. The molecule has 0 aromatic heterocycles. The van der Waals surface area contributed by atoms with Crippen LogP contribution < -0.4 is 0 Å². The van der Waals surface area contributed by atoms with E-state index < -0.39 is 0 Å². The van der Waals surface area contributed by atoms with Crippen molar-refractivity contribution in [1.82, 2.24) is 0 Å². The van der Waals surface area contributed by atoms with Crippen molar-refractivity contribution in [3.63, 3.8) is 0 Å². The maximum absolute atomic E-state index is 5.40. The van der Waals surface area contributed by atoms with Crippen molar-refractivity contribution in [1.29, 1.82) is 0 Å². The number of rotatable bonds is 11. The molecule has 16 heavy (non-hydrogen) atoms. The van der Waals surface area contributed by atoms with Gasteiger partial charge >= 0.3 is 0 Å². The van der Waals surface area contributed by atoms with E-state index in [2.05, 4.69) is 0 Å². The first kappa shape index (κ1) is 16.5. The summed E-state index contributed by atoms with van der Waals surface area (Å²) in [6, 6.07) is 0. The monoisotopic (exact) mass is 270 g/mol. The van der Waals surface area contributed by atoms with Crippen LogP contribution in [0.15, 0.2) is 0 Å². The lowest BCUT2D eigenvalue weighted by atomic mass is 10.9. The zero-order valence-electron chi connectivity index (χ0n) is 10.4. The van der Waals surface area contributed by atoms with E-state index >= 15 is 0 Å². The minimum atomic E-state index is -0.261. The Hall–Kier alpha value is 0.540. The van der Waals surface area contributed by atoms with Gasteiger partial charge in [-0.25, -0.2) is 0 Å². The fourth-order valence-corrected chi connectivity index (χ4v) is 3.00. The summed E-state index contributed by atoms with van der Waals surface area (Å²) >= 11 is 0. The minimum absolute atomic E-state index is 0.261. The van der Waals surface area contributed by atoms with Gasteiger partial charge in [-0.1, -0.05) is 0 Å². The Kier molecular flexibility index (Phi) is 12.4. The molecule has 0 aromatic carbocycles. The van der Waals surface area contributed by atoms with Gasteiger partial charge in [-0.2, -0.15) is 0 Å². The second-order valence-electron chi connectivity index (χ2n) is 2.59. The molecule has 0 aliphatic carbocycles. The zero-order chi connectivity index (χ0) is 12.2. The topological polar surface area (TPSA) is 36.9 Å². The highest BCUT2D eigenvalue weighted by Crippen LogP contribution is 2.33. The smallest absolute Gasteiger partial charge is 0.217 e. The summed E-state index contributed by atoms with van der Waals surface area (Å²) in [5, 5.41) is 0. The summed E-state index contributed by atoms with van der Waals surface area (Å²) in [7, 11) is 2.96. The Balaban J connectivity index is 3.83. The molecule has 0 aliphatic rings. The Labute approximate surface area is 106 Å². The van der Waals surface area contributed by atoms with Crippen LogP contribution >= 0.6 is 21.6 Å². The summed E-state index contributed by atoms with van der Waals surface area (Å²) in [6.45, 7) is 10.3. The van der Waals surface area contributed by atoms with Gasteiger partial charge in [0.05, 0.1) is 0 Å². The first-order valence-electron chi connectivity index (χ1n) is 5.56. The third-order valence-corrected chi connectivity index (χ3v) is 3.67. The molecule has 0 saturated heterocycles. The maximum Gasteiger partial charge on any atom is 0.217 e. The number of hydrogen-bond donors (Lipinski definition) is 0. The third-order valence-electron chi connectivity index (χ3n) is 1.42. The molecular weight excluding hydrogens is 248 g/mol. The molecule has 0 saturated carbocycles. The van der Waals surface area contributed by atoms with Crippen molar-refractivity contribution >= 4 is 21.6 Å². The van der Waals surface area contributed by atoms with Crippen LogP contribution in [-0.2, 0) is 18.9 Å². The summed E-state index contributed by atoms with van der Waals surface area (Å²) in [5.41, 5.74) is -0.521. The fraction of sp³-hybridized carbons (Fsp3) is 1.00. The van der Waals surface area contributed by atoms with E-state index in [1.165, 1.54) is 21.6 Å². The van der Waals surface area contributed by atoms with Gasteiger partial charge in [0.1, 0.15) is 0 Å². The molecule has 0 radical (unpaired) electrons. The lowest BCUT2D eigenvalue weighted by Crippen LogP contribution is -2.16. The molecule has 0 spiro atoms. The van der Waals surface area contributed by atoms with Gasteiger partial charge in [-0.05, 0) is 49.3 Å². The Morgan fingerprint density at radius 2 is 0.875 bits per heavy atom. The lowest BCUT2D eigenvalue weighted by Gasteiger charge is -2.19. The van der Waals surface area contributed by atoms with E-state index in [0.717, 1.165) is 0 Å². The molecule has 6 heteroatoms. The van der Waals surface area contributed by atoms with Crippen LogP contribution in [0.4, 0.5) is 0 Å². The maximum atomic E-state index is 5.40. The Morgan fingerprint density at radius 1 is 0.625 bits per heavy atom. The minimum Gasteiger partial charge on any atom is -0.343 e. The summed E-state index contributed by atoms with van der Waals surface area (Å²) in [4.78, 5) is 0. The van der Waals surface area contributed by atoms with E-state index in [0.29, 0.717) is 26.4 Å². The molecule has 0 fully saturated rings. The van der Waals surface area contributed by atoms with Crippen LogP contribution in [0.5, 0.6) is 0 Å². The number of ether oxygens (including phenoxy) is 4. The van der Waals surface area contributed by atoms with Crippen LogP contribution in [-0.4, -0.2) is 37.7 Å². The molecule has 0 bridgehead atoms. The van der Waals surface area contributed by atoms with Crippen LogP contribution in [0.3, 0.4) is 0 Å². The van der Waals surface area contributed by atoms with E-state index in [4.69, 9.17) is 18.9 Å². The lowest BCUT2D eigenvalue weighted by molar-refractivity contribution is -0.0762. The van der Waals surface area contributed by atoms with Gasteiger partial charge < -0.3 is 18.9 Å². The average molecular weight is 270 g/mol. The molecule has 0 amide bonds. The SMILES string of the molecule is CCOC(OCC)SSC(OCC)OCC. The van der Waals surface area contributed by atoms with Gasteiger partial charge in [-0.15, -0.1) is 0 Å². The van der Waals surface area contributed by atoms with Gasteiger partial charge in [0.15, 0.2) is 0 Å². The molecule has 98 valence electrons. The van der Waals surface area contributed by atoms with Gasteiger partial charge in [0, 0.05) is 26.4 Å². The van der Waals surface area contributed by atoms with Gasteiger partial charge in [0.2, 0.25) is 11.2 Å². The molecule has 0 N–H and O–H groups in total. The third kappa shape index (κ3) is 8.66. The first-order chi connectivity index (χ1) is 7.78. The van der Waals surface area contributed by atoms with Crippen LogP contribution in [0.2, 0.25) is 0 Å². The number of hydrogen-bond acceptors (Lipinski definition) is 6. The normalized spacial score (nSPS) is 11.6. The van der Waals surface area contributed by atoms with E-state index in [1.807, 2.05) is 27.7 Å². The fourth-order valence-electron chi connectivity index (χ4n) is 0.842. The summed E-state index contributed by atoms with van der Waals surface area (Å²) in [5.74, 6) is 0. The van der Waals surface area contributed by atoms with E-state index in [9.17, 15) is 0 Å².